The van der Waals surface area contributed by atoms with Crippen molar-refractivity contribution in [2.24, 2.45) is 11.8 Å². The Bertz CT molecular complexity index is 1010. The van der Waals surface area contributed by atoms with Gasteiger partial charge in [-0.1, -0.05) is 13.0 Å². The number of rotatable bonds is 8. The molecular weight excluding hydrogens is 466 g/mol. The second-order valence-electron chi connectivity index (χ2n) is 10.2. The minimum absolute atomic E-state index is 0.0145. The Hall–Kier alpha value is -2.97. The third kappa shape index (κ3) is 6.62. The first kappa shape index (κ1) is 26.1. The lowest BCUT2D eigenvalue weighted by Crippen LogP contribution is -2.41. The van der Waals surface area contributed by atoms with Gasteiger partial charge in [0, 0.05) is 38.2 Å². The summed E-state index contributed by atoms with van der Waals surface area (Å²) in [5.41, 5.74) is 0.536. The van der Waals surface area contributed by atoms with Gasteiger partial charge >= 0.3 is 6.09 Å². The molecule has 2 fully saturated rings. The van der Waals surface area contributed by atoms with E-state index in [9.17, 15) is 13.6 Å². The maximum atomic E-state index is 14.1. The van der Waals surface area contributed by atoms with Crippen molar-refractivity contribution in [3.8, 4) is 5.75 Å². The Morgan fingerprint density at radius 1 is 1.08 bits per heavy atom. The normalized spacial score (nSPS) is 19.6. The van der Waals surface area contributed by atoms with Crippen LogP contribution in [0.5, 0.6) is 5.75 Å². The third-order valence-electron chi connectivity index (χ3n) is 7.27. The number of nitrogens with zero attached hydrogens (tertiary/aromatic N) is 4. The number of likely N-dealkylation sites (tertiary alicyclic amines) is 1. The van der Waals surface area contributed by atoms with E-state index in [1.54, 1.807) is 17.3 Å². The summed E-state index contributed by atoms with van der Waals surface area (Å²) in [6, 6.07) is 3.77. The lowest BCUT2D eigenvalue weighted by molar-refractivity contribution is 0.0597. The molecule has 4 rings (SSSR count). The number of hydrogen-bond donors (Lipinski definition) is 0. The van der Waals surface area contributed by atoms with E-state index in [1.165, 1.54) is 12.1 Å². The number of piperidine rings is 1. The van der Waals surface area contributed by atoms with Crippen LogP contribution >= 0.6 is 0 Å². The molecule has 1 amide bonds. The van der Waals surface area contributed by atoms with E-state index < -0.39 is 11.6 Å². The van der Waals surface area contributed by atoms with Gasteiger partial charge in [-0.05, 0) is 63.0 Å². The largest absolute Gasteiger partial charge is 0.490 e. The number of carbonyl (C=O) groups excluding carboxylic acids is 1. The van der Waals surface area contributed by atoms with Gasteiger partial charge in [-0.15, -0.1) is 0 Å². The molecule has 0 unspecified atom stereocenters. The molecule has 2 aliphatic heterocycles. The zero-order valence-corrected chi connectivity index (χ0v) is 21.3. The van der Waals surface area contributed by atoms with Gasteiger partial charge in [-0.2, -0.15) is 0 Å². The molecule has 2 aliphatic rings. The maximum absolute atomic E-state index is 14.1. The summed E-state index contributed by atoms with van der Waals surface area (Å²) in [6.45, 7) is 9.33. The van der Waals surface area contributed by atoms with Crippen molar-refractivity contribution in [1.82, 2.24) is 14.9 Å². The zero-order valence-electron chi connectivity index (χ0n) is 21.3. The summed E-state index contributed by atoms with van der Waals surface area (Å²) in [4.78, 5) is 24.8. The topological polar surface area (TPSA) is 67.8 Å². The predicted molar refractivity (Wildman–Crippen MR) is 133 cm³/mol. The molecule has 2 atom stereocenters. The number of anilines is 1. The molecule has 36 heavy (non-hydrogen) atoms. The zero-order chi connectivity index (χ0) is 25.7. The highest BCUT2D eigenvalue weighted by Crippen LogP contribution is 2.31. The summed E-state index contributed by atoms with van der Waals surface area (Å²) in [5.74, 6) is 1.18. The van der Waals surface area contributed by atoms with E-state index >= 15 is 0 Å². The molecule has 196 valence electrons. The van der Waals surface area contributed by atoms with Crippen LogP contribution in [0.1, 0.15) is 57.9 Å². The van der Waals surface area contributed by atoms with Crippen molar-refractivity contribution in [2.45, 2.75) is 58.5 Å². The molecule has 3 heterocycles. The summed E-state index contributed by atoms with van der Waals surface area (Å²) in [6.07, 6.45) is 6.68. The molecule has 0 aliphatic carbocycles. The van der Waals surface area contributed by atoms with E-state index in [-0.39, 0.29) is 18.1 Å². The lowest BCUT2D eigenvalue weighted by Gasteiger charge is -2.34. The van der Waals surface area contributed by atoms with E-state index in [4.69, 9.17) is 9.47 Å². The van der Waals surface area contributed by atoms with Gasteiger partial charge in [-0.25, -0.2) is 23.5 Å². The Kier molecular flexibility index (Phi) is 8.59. The fourth-order valence-corrected chi connectivity index (χ4v) is 5.10. The molecule has 9 heteroatoms. The molecule has 2 saturated heterocycles. The van der Waals surface area contributed by atoms with E-state index in [0.29, 0.717) is 48.8 Å². The SMILES string of the molecule is CC(C)OC(=O)N1CCC([C@H](C)CCOc2cnc(N3CC[C@H](c4ccc(F)cc4F)C3)nc2)CC1. The standard InChI is InChI=1S/C27H36F2N4O3/c1-18(2)36-27(34)32-10-6-20(7-11-32)19(3)9-13-35-23-15-30-26(31-16-23)33-12-8-21(17-33)24-5-4-22(28)14-25(24)29/h4-5,14-16,18-21H,6-13,17H2,1-3H3/t19-,21+/m1/s1. The quantitative estimate of drug-likeness (QED) is 0.481. The van der Waals surface area contributed by atoms with Gasteiger partial charge in [0.15, 0.2) is 5.75 Å². The lowest BCUT2D eigenvalue weighted by atomic mass is 9.84. The van der Waals surface area contributed by atoms with Crippen LogP contribution in [-0.4, -0.2) is 59.9 Å². The first-order valence-electron chi connectivity index (χ1n) is 12.9. The fraction of sp³-hybridized carbons (Fsp3) is 0.593. The van der Waals surface area contributed by atoms with E-state index in [2.05, 4.69) is 16.9 Å². The second kappa shape index (κ2) is 11.8. The molecule has 0 N–H and O–H groups in total. The number of aromatic nitrogens is 2. The van der Waals surface area contributed by atoms with Gasteiger partial charge in [0.05, 0.1) is 25.1 Å². The Balaban J connectivity index is 1.19. The highest BCUT2D eigenvalue weighted by molar-refractivity contribution is 5.67. The first-order valence-corrected chi connectivity index (χ1v) is 12.9. The smallest absolute Gasteiger partial charge is 0.410 e. The summed E-state index contributed by atoms with van der Waals surface area (Å²) < 4.78 is 38.6. The van der Waals surface area contributed by atoms with Crippen molar-refractivity contribution in [3.63, 3.8) is 0 Å². The van der Waals surface area contributed by atoms with E-state index in [1.807, 2.05) is 18.7 Å². The number of ether oxygens (including phenoxy) is 2. The fourth-order valence-electron chi connectivity index (χ4n) is 5.10. The Labute approximate surface area is 211 Å². The van der Waals surface area contributed by atoms with Crippen LogP contribution in [0.2, 0.25) is 0 Å². The Morgan fingerprint density at radius 3 is 2.47 bits per heavy atom. The summed E-state index contributed by atoms with van der Waals surface area (Å²) >= 11 is 0. The molecule has 7 nitrogen and oxygen atoms in total. The molecular formula is C27H36F2N4O3. The van der Waals surface area contributed by atoms with Gasteiger partial charge in [-0.3, -0.25) is 0 Å². The summed E-state index contributed by atoms with van der Waals surface area (Å²) in [7, 11) is 0. The van der Waals surface area contributed by atoms with Crippen LogP contribution in [0.4, 0.5) is 19.5 Å². The molecule has 0 saturated carbocycles. The van der Waals surface area contributed by atoms with Crippen molar-refractivity contribution < 1.29 is 23.0 Å². The van der Waals surface area contributed by atoms with Crippen LogP contribution in [0.25, 0.3) is 0 Å². The number of halogens is 2. The van der Waals surface area contributed by atoms with Crippen molar-refractivity contribution >= 4 is 12.0 Å². The number of hydrogen-bond acceptors (Lipinski definition) is 6. The monoisotopic (exact) mass is 502 g/mol. The number of benzene rings is 1. The molecule has 1 aromatic heterocycles. The predicted octanol–water partition coefficient (Wildman–Crippen LogP) is 5.41. The van der Waals surface area contributed by atoms with Crippen LogP contribution in [0.15, 0.2) is 30.6 Å². The van der Waals surface area contributed by atoms with Crippen molar-refractivity contribution in [3.05, 3.63) is 47.8 Å². The van der Waals surface area contributed by atoms with Crippen molar-refractivity contribution in [2.75, 3.05) is 37.7 Å². The average molecular weight is 503 g/mol. The molecule has 1 aromatic carbocycles. The highest BCUT2D eigenvalue weighted by Gasteiger charge is 2.29. The minimum Gasteiger partial charge on any atom is -0.490 e. The van der Waals surface area contributed by atoms with Crippen LogP contribution < -0.4 is 9.64 Å². The number of amides is 1. The second-order valence-corrected chi connectivity index (χ2v) is 10.2. The first-order chi connectivity index (χ1) is 17.3. The van der Waals surface area contributed by atoms with E-state index in [0.717, 1.165) is 44.8 Å². The average Bonchev–Trinajstić information content (AvgIpc) is 3.34. The molecule has 0 bridgehead atoms. The number of carbonyl (C=O) groups is 1. The van der Waals surface area contributed by atoms with Crippen LogP contribution in [0, 0.1) is 23.5 Å². The molecule has 2 aromatic rings. The minimum atomic E-state index is -0.562. The van der Waals surface area contributed by atoms with Crippen LogP contribution in [0.3, 0.4) is 0 Å². The van der Waals surface area contributed by atoms with Gasteiger partial charge < -0.3 is 19.3 Å². The third-order valence-corrected chi connectivity index (χ3v) is 7.27. The summed E-state index contributed by atoms with van der Waals surface area (Å²) in [5, 5.41) is 0. The van der Waals surface area contributed by atoms with Gasteiger partial charge in [0.2, 0.25) is 5.95 Å². The van der Waals surface area contributed by atoms with Gasteiger partial charge in [0.25, 0.3) is 0 Å². The molecule has 0 radical (unpaired) electrons. The Morgan fingerprint density at radius 2 is 1.81 bits per heavy atom. The van der Waals surface area contributed by atoms with Crippen molar-refractivity contribution in [1.29, 1.82) is 0 Å². The van der Waals surface area contributed by atoms with Crippen LogP contribution in [-0.2, 0) is 4.74 Å². The highest BCUT2D eigenvalue weighted by atomic mass is 19.1. The van der Waals surface area contributed by atoms with Gasteiger partial charge in [0.1, 0.15) is 11.6 Å². The molecule has 0 spiro atoms. The maximum Gasteiger partial charge on any atom is 0.410 e.